The fraction of sp³-hybridized carbons (Fsp3) is 0.500. The average Bonchev–Trinajstić information content (AvgIpc) is 2.84. The molecule has 0 spiro atoms. The lowest BCUT2D eigenvalue weighted by molar-refractivity contribution is -0.117. The average molecular weight is 248 g/mol. The lowest BCUT2D eigenvalue weighted by Gasteiger charge is -2.13. The van der Waals surface area contributed by atoms with Crippen LogP contribution >= 0.6 is 0 Å². The van der Waals surface area contributed by atoms with Crippen molar-refractivity contribution in [1.82, 2.24) is 0 Å². The van der Waals surface area contributed by atoms with Crippen LogP contribution in [0.2, 0.25) is 0 Å². The molecule has 0 saturated heterocycles. The Labute approximate surface area is 108 Å². The third-order valence-corrected chi connectivity index (χ3v) is 3.14. The maximum Gasteiger partial charge on any atom is 0.240 e. The molecule has 3 N–H and O–H groups in total. The van der Waals surface area contributed by atoms with Crippen LogP contribution in [0.5, 0.6) is 5.75 Å². The summed E-state index contributed by atoms with van der Waals surface area (Å²) in [5.74, 6) is 0.681. The zero-order valence-electron chi connectivity index (χ0n) is 10.7. The summed E-state index contributed by atoms with van der Waals surface area (Å²) in [6.07, 6.45) is 5.15. The molecule has 0 unspecified atom stereocenters. The highest BCUT2D eigenvalue weighted by molar-refractivity contribution is 5.94. The molecule has 1 aromatic rings. The summed E-state index contributed by atoms with van der Waals surface area (Å²) >= 11 is 0. The maximum absolute atomic E-state index is 11.4. The van der Waals surface area contributed by atoms with Gasteiger partial charge in [0.2, 0.25) is 5.91 Å². The van der Waals surface area contributed by atoms with Gasteiger partial charge in [-0.25, -0.2) is 0 Å². The van der Waals surface area contributed by atoms with Crippen molar-refractivity contribution in [2.75, 3.05) is 5.32 Å². The number of amides is 1. The molecule has 1 fully saturated rings. The quantitative estimate of drug-likeness (QED) is 0.859. The predicted octanol–water partition coefficient (Wildman–Crippen LogP) is 2.29. The van der Waals surface area contributed by atoms with Gasteiger partial charge < -0.3 is 15.8 Å². The molecule has 1 atom stereocenters. The van der Waals surface area contributed by atoms with E-state index in [0.717, 1.165) is 24.3 Å². The Morgan fingerprint density at radius 2 is 1.94 bits per heavy atom. The topological polar surface area (TPSA) is 64.4 Å². The standard InChI is InChI=1S/C14H20N2O2/c1-10(15)14(17)16-11-6-8-13(9-7-11)18-12-4-2-3-5-12/h6-10,12H,2-5,15H2,1H3,(H,16,17)/t10-/m1/s1. The van der Waals surface area contributed by atoms with Gasteiger partial charge in [0.15, 0.2) is 0 Å². The van der Waals surface area contributed by atoms with Gasteiger partial charge >= 0.3 is 0 Å². The van der Waals surface area contributed by atoms with E-state index in [4.69, 9.17) is 10.5 Å². The third kappa shape index (κ3) is 3.47. The summed E-state index contributed by atoms with van der Waals surface area (Å²) in [5.41, 5.74) is 6.23. The van der Waals surface area contributed by atoms with Gasteiger partial charge in [0.05, 0.1) is 12.1 Å². The molecule has 0 bridgehead atoms. The van der Waals surface area contributed by atoms with Crippen molar-refractivity contribution in [3.05, 3.63) is 24.3 Å². The Balaban J connectivity index is 1.90. The first-order chi connectivity index (χ1) is 8.65. The van der Waals surface area contributed by atoms with Crippen LogP contribution in [0.1, 0.15) is 32.6 Å². The smallest absolute Gasteiger partial charge is 0.240 e. The SMILES string of the molecule is C[C@@H](N)C(=O)Nc1ccc(OC2CCCC2)cc1. The largest absolute Gasteiger partial charge is 0.490 e. The van der Waals surface area contributed by atoms with Crippen LogP contribution in [0, 0.1) is 0 Å². The van der Waals surface area contributed by atoms with E-state index in [-0.39, 0.29) is 5.91 Å². The molecule has 0 radical (unpaired) electrons. The van der Waals surface area contributed by atoms with Crippen molar-refractivity contribution in [3.8, 4) is 5.75 Å². The van der Waals surface area contributed by atoms with Crippen LogP contribution in [-0.2, 0) is 4.79 Å². The molecular formula is C14H20N2O2. The highest BCUT2D eigenvalue weighted by atomic mass is 16.5. The van der Waals surface area contributed by atoms with Crippen molar-refractivity contribution in [2.45, 2.75) is 44.8 Å². The predicted molar refractivity (Wildman–Crippen MR) is 71.6 cm³/mol. The Morgan fingerprint density at radius 3 is 2.50 bits per heavy atom. The second kappa shape index (κ2) is 5.87. The molecule has 4 heteroatoms. The summed E-state index contributed by atoms with van der Waals surface area (Å²) in [7, 11) is 0. The van der Waals surface area contributed by atoms with E-state index in [2.05, 4.69) is 5.32 Å². The van der Waals surface area contributed by atoms with E-state index in [1.807, 2.05) is 24.3 Å². The van der Waals surface area contributed by atoms with Gasteiger partial charge in [-0.05, 0) is 56.9 Å². The van der Waals surface area contributed by atoms with Crippen molar-refractivity contribution in [1.29, 1.82) is 0 Å². The summed E-state index contributed by atoms with van der Waals surface area (Å²) in [6.45, 7) is 1.66. The molecule has 0 heterocycles. The number of rotatable bonds is 4. The first-order valence-corrected chi connectivity index (χ1v) is 6.48. The van der Waals surface area contributed by atoms with E-state index in [1.165, 1.54) is 12.8 Å². The Bertz CT molecular complexity index is 395. The highest BCUT2D eigenvalue weighted by Crippen LogP contribution is 2.24. The Morgan fingerprint density at radius 1 is 1.33 bits per heavy atom. The minimum absolute atomic E-state index is 0.181. The number of nitrogens with one attached hydrogen (secondary N) is 1. The van der Waals surface area contributed by atoms with Gasteiger partial charge in [0.25, 0.3) is 0 Å². The lowest BCUT2D eigenvalue weighted by Crippen LogP contribution is -2.32. The van der Waals surface area contributed by atoms with Crippen LogP contribution < -0.4 is 15.8 Å². The minimum atomic E-state index is -0.501. The van der Waals surface area contributed by atoms with E-state index in [0.29, 0.717) is 6.10 Å². The molecule has 98 valence electrons. The molecule has 0 aliphatic heterocycles. The number of hydrogen-bond acceptors (Lipinski definition) is 3. The number of carbonyl (C=O) groups excluding carboxylic acids is 1. The van der Waals surface area contributed by atoms with Crippen molar-refractivity contribution in [2.24, 2.45) is 5.73 Å². The molecule has 18 heavy (non-hydrogen) atoms. The van der Waals surface area contributed by atoms with E-state index in [9.17, 15) is 4.79 Å². The van der Waals surface area contributed by atoms with E-state index in [1.54, 1.807) is 6.92 Å². The van der Waals surface area contributed by atoms with Gasteiger partial charge in [0, 0.05) is 5.69 Å². The monoisotopic (exact) mass is 248 g/mol. The van der Waals surface area contributed by atoms with E-state index >= 15 is 0 Å². The number of ether oxygens (including phenoxy) is 1. The number of benzene rings is 1. The van der Waals surface area contributed by atoms with Crippen molar-refractivity contribution in [3.63, 3.8) is 0 Å². The second-order valence-electron chi connectivity index (χ2n) is 4.83. The summed E-state index contributed by atoms with van der Waals surface area (Å²) in [6, 6.07) is 6.94. The summed E-state index contributed by atoms with van der Waals surface area (Å²) < 4.78 is 5.85. The molecule has 1 aliphatic rings. The Hall–Kier alpha value is -1.55. The molecule has 1 aromatic carbocycles. The number of hydrogen-bond donors (Lipinski definition) is 2. The normalized spacial score (nSPS) is 17.4. The van der Waals surface area contributed by atoms with E-state index < -0.39 is 6.04 Å². The van der Waals surface area contributed by atoms with Gasteiger partial charge in [-0.3, -0.25) is 4.79 Å². The van der Waals surface area contributed by atoms with Gasteiger partial charge in [-0.1, -0.05) is 0 Å². The zero-order chi connectivity index (χ0) is 13.0. The van der Waals surface area contributed by atoms with Crippen LogP contribution in [0.4, 0.5) is 5.69 Å². The number of anilines is 1. The number of carbonyl (C=O) groups is 1. The van der Waals surface area contributed by atoms with Gasteiger partial charge in [-0.15, -0.1) is 0 Å². The molecule has 1 aliphatic carbocycles. The van der Waals surface area contributed by atoms with Gasteiger partial charge in [0.1, 0.15) is 5.75 Å². The third-order valence-electron chi connectivity index (χ3n) is 3.14. The van der Waals surface area contributed by atoms with Crippen molar-refractivity contribution < 1.29 is 9.53 Å². The van der Waals surface area contributed by atoms with Crippen LogP contribution in [0.25, 0.3) is 0 Å². The Kier molecular flexibility index (Phi) is 4.20. The fourth-order valence-corrected chi connectivity index (χ4v) is 2.07. The molecule has 4 nitrogen and oxygen atoms in total. The van der Waals surface area contributed by atoms with Gasteiger partial charge in [-0.2, -0.15) is 0 Å². The fourth-order valence-electron chi connectivity index (χ4n) is 2.07. The van der Waals surface area contributed by atoms with Crippen LogP contribution in [0.15, 0.2) is 24.3 Å². The molecule has 1 saturated carbocycles. The summed E-state index contributed by atoms with van der Waals surface area (Å²) in [5, 5.41) is 2.74. The summed E-state index contributed by atoms with van der Waals surface area (Å²) in [4.78, 5) is 11.4. The molecular weight excluding hydrogens is 228 g/mol. The molecule has 2 rings (SSSR count). The molecule has 1 amide bonds. The second-order valence-corrected chi connectivity index (χ2v) is 4.83. The zero-order valence-corrected chi connectivity index (χ0v) is 10.7. The maximum atomic E-state index is 11.4. The first kappa shape index (κ1) is 12.9. The lowest BCUT2D eigenvalue weighted by atomic mass is 10.2. The first-order valence-electron chi connectivity index (χ1n) is 6.48. The van der Waals surface area contributed by atoms with Crippen molar-refractivity contribution >= 4 is 11.6 Å². The highest BCUT2D eigenvalue weighted by Gasteiger charge is 2.16. The van der Waals surface area contributed by atoms with Crippen LogP contribution in [-0.4, -0.2) is 18.1 Å². The minimum Gasteiger partial charge on any atom is -0.490 e. The molecule has 0 aromatic heterocycles. The van der Waals surface area contributed by atoms with Crippen LogP contribution in [0.3, 0.4) is 0 Å². The number of nitrogens with two attached hydrogens (primary N) is 1.